The van der Waals surface area contributed by atoms with Crippen molar-refractivity contribution in [2.45, 2.75) is 27.2 Å². The molecule has 2 aromatic carbocycles. The number of aryl methyl sites for hydroxylation is 1. The second-order valence-corrected chi connectivity index (χ2v) is 6.62. The molecule has 6 nitrogen and oxygen atoms in total. The van der Waals surface area contributed by atoms with Crippen LogP contribution in [0.2, 0.25) is 5.02 Å². The number of benzene rings is 2. The molecule has 0 bridgehead atoms. The fourth-order valence-electron chi connectivity index (χ4n) is 2.45. The van der Waals surface area contributed by atoms with Gasteiger partial charge in [-0.3, -0.25) is 4.79 Å². The summed E-state index contributed by atoms with van der Waals surface area (Å²) < 4.78 is 17.0. The summed E-state index contributed by atoms with van der Waals surface area (Å²) in [5.41, 5.74) is 5.36. The Morgan fingerprint density at radius 2 is 1.93 bits per heavy atom. The van der Waals surface area contributed by atoms with E-state index in [-0.39, 0.29) is 5.91 Å². The number of nitrogens with zero attached hydrogens (tertiary/aromatic N) is 1. The molecule has 0 saturated carbocycles. The Morgan fingerprint density at radius 3 is 2.64 bits per heavy atom. The minimum Gasteiger partial charge on any atom is -0.493 e. The number of carbonyl (C=O) groups excluding carboxylic acids is 1. The van der Waals surface area contributed by atoms with Gasteiger partial charge >= 0.3 is 0 Å². The molecule has 0 aromatic heterocycles. The zero-order valence-electron chi connectivity index (χ0n) is 16.5. The highest BCUT2D eigenvalue weighted by Crippen LogP contribution is 2.36. The number of nitrogens with one attached hydrogen (secondary N) is 1. The smallest absolute Gasteiger partial charge is 0.236 e. The summed E-state index contributed by atoms with van der Waals surface area (Å²) in [5, 5.41) is 4.22. The van der Waals surface area contributed by atoms with Crippen LogP contribution in [-0.2, 0) is 4.79 Å². The van der Waals surface area contributed by atoms with Crippen molar-refractivity contribution in [3.05, 3.63) is 52.0 Å². The first-order valence-corrected chi connectivity index (χ1v) is 9.29. The number of hydrazone groups is 1. The van der Waals surface area contributed by atoms with E-state index in [1.54, 1.807) is 12.1 Å². The Kier molecular flexibility index (Phi) is 8.14. The molecular weight excluding hydrogens is 380 g/mol. The van der Waals surface area contributed by atoms with E-state index in [2.05, 4.69) is 23.5 Å². The van der Waals surface area contributed by atoms with Gasteiger partial charge in [-0.05, 0) is 48.7 Å². The van der Waals surface area contributed by atoms with Gasteiger partial charge in [-0.2, -0.15) is 5.10 Å². The summed E-state index contributed by atoms with van der Waals surface area (Å²) in [5.74, 6) is 1.59. The Morgan fingerprint density at radius 1 is 1.18 bits per heavy atom. The van der Waals surface area contributed by atoms with Crippen molar-refractivity contribution in [2.24, 2.45) is 5.10 Å². The van der Waals surface area contributed by atoms with E-state index in [4.69, 9.17) is 25.8 Å². The van der Waals surface area contributed by atoms with Crippen LogP contribution in [0.25, 0.3) is 0 Å². The molecule has 1 amide bonds. The van der Waals surface area contributed by atoms with Crippen LogP contribution >= 0.6 is 11.6 Å². The quantitative estimate of drug-likeness (QED) is 0.384. The van der Waals surface area contributed by atoms with Crippen molar-refractivity contribution in [3.8, 4) is 17.2 Å². The summed E-state index contributed by atoms with van der Waals surface area (Å²) in [7, 11) is 1.54. The molecule has 0 unspecified atom stereocenters. The Bertz CT molecular complexity index is 853. The van der Waals surface area contributed by atoms with Crippen molar-refractivity contribution >= 4 is 23.7 Å². The van der Waals surface area contributed by atoms with Gasteiger partial charge in [0.15, 0.2) is 11.5 Å². The fraction of sp³-hybridized carbons (Fsp3) is 0.333. The first-order valence-electron chi connectivity index (χ1n) is 8.91. The van der Waals surface area contributed by atoms with Gasteiger partial charge in [0.05, 0.1) is 31.6 Å². The van der Waals surface area contributed by atoms with Gasteiger partial charge in [0.25, 0.3) is 0 Å². The summed E-state index contributed by atoms with van der Waals surface area (Å²) in [6, 6.07) is 9.43. The van der Waals surface area contributed by atoms with Gasteiger partial charge in [-0.25, -0.2) is 5.43 Å². The van der Waals surface area contributed by atoms with Crippen molar-refractivity contribution < 1.29 is 19.0 Å². The van der Waals surface area contributed by atoms with E-state index in [0.29, 0.717) is 41.7 Å². The van der Waals surface area contributed by atoms with Crippen molar-refractivity contribution in [3.63, 3.8) is 0 Å². The van der Waals surface area contributed by atoms with Crippen molar-refractivity contribution in [1.82, 2.24) is 5.43 Å². The largest absolute Gasteiger partial charge is 0.493 e. The number of rotatable bonds is 9. The molecule has 0 spiro atoms. The summed E-state index contributed by atoms with van der Waals surface area (Å²) in [4.78, 5) is 10.9. The van der Waals surface area contributed by atoms with Crippen LogP contribution in [0.3, 0.4) is 0 Å². The maximum absolute atomic E-state index is 10.9. The average Bonchev–Trinajstić information content (AvgIpc) is 2.65. The van der Waals surface area contributed by atoms with E-state index in [1.807, 2.05) is 19.1 Å². The lowest BCUT2D eigenvalue weighted by atomic mass is 10.1. The van der Waals surface area contributed by atoms with Gasteiger partial charge in [0, 0.05) is 13.3 Å². The molecule has 7 heteroatoms. The number of halogens is 1. The maximum atomic E-state index is 10.9. The van der Waals surface area contributed by atoms with E-state index < -0.39 is 0 Å². The molecule has 1 N–H and O–H groups in total. The van der Waals surface area contributed by atoms with Gasteiger partial charge in [-0.1, -0.05) is 23.7 Å². The van der Waals surface area contributed by atoms with E-state index in [9.17, 15) is 4.79 Å². The average molecular weight is 405 g/mol. The van der Waals surface area contributed by atoms with Crippen LogP contribution < -0.4 is 19.6 Å². The van der Waals surface area contributed by atoms with Crippen LogP contribution in [0.4, 0.5) is 0 Å². The predicted molar refractivity (Wildman–Crippen MR) is 111 cm³/mol. The lowest BCUT2D eigenvalue weighted by Crippen LogP contribution is -2.12. The van der Waals surface area contributed by atoms with Crippen LogP contribution in [0.5, 0.6) is 17.2 Å². The molecule has 0 atom stereocenters. The Balaban J connectivity index is 1.91. The molecule has 2 rings (SSSR count). The molecule has 28 heavy (non-hydrogen) atoms. The third-order valence-corrected chi connectivity index (χ3v) is 4.32. The molecule has 150 valence electrons. The number of hydrogen-bond acceptors (Lipinski definition) is 5. The molecule has 0 fully saturated rings. The molecule has 0 radical (unpaired) electrons. The highest BCUT2D eigenvalue weighted by Gasteiger charge is 2.12. The Labute approximate surface area is 170 Å². The zero-order valence-corrected chi connectivity index (χ0v) is 17.3. The molecule has 0 heterocycles. The third kappa shape index (κ3) is 6.16. The molecule has 0 aliphatic rings. The lowest BCUT2D eigenvalue weighted by molar-refractivity contribution is -0.118. The van der Waals surface area contributed by atoms with Crippen LogP contribution in [0.1, 0.15) is 30.0 Å². The standard InChI is InChI=1S/C21H25ClN2O4/c1-14-7-5-8-19(15(14)2)27-9-6-10-28-21-18(22)11-17(12-20(21)26-4)13-23-24-16(3)25/h5,7-8,11-13H,6,9-10H2,1-4H3,(H,24,25). The SMILES string of the molecule is COc1cc(C=NNC(C)=O)cc(Cl)c1OCCCOc1cccc(C)c1C. The van der Waals surface area contributed by atoms with E-state index >= 15 is 0 Å². The molecular formula is C21H25ClN2O4. The van der Waals surface area contributed by atoms with E-state index in [0.717, 1.165) is 11.3 Å². The molecule has 0 aliphatic carbocycles. The van der Waals surface area contributed by atoms with Gasteiger partial charge in [-0.15, -0.1) is 0 Å². The summed E-state index contributed by atoms with van der Waals surface area (Å²) in [6.07, 6.45) is 2.18. The topological polar surface area (TPSA) is 69.2 Å². The lowest BCUT2D eigenvalue weighted by Gasteiger charge is -2.14. The first kappa shape index (κ1) is 21.6. The van der Waals surface area contributed by atoms with Gasteiger partial charge in [0.1, 0.15) is 5.75 Å². The summed E-state index contributed by atoms with van der Waals surface area (Å²) in [6.45, 7) is 6.45. The highest BCUT2D eigenvalue weighted by atomic mass is 35.5. The molecule has 0 aliphatic heterocycles. The molecule has 0 saturated heterocycles. The van der Waals surface area contributed by atoms with Crippen LogP contribution in [-0.4, -0.2) is 32.4 Å². The second-order valence-electron chi connectivity index (χ2n) is 6.21. The second kappa shape index (κ2) is 10.6. The number of methoxy groups -OCH3 is 1. The van der Waals surface area contributed by atoms with Crippen LogP contribution in [0.15, 0.2) is 35.4 Å². The predicted octanol–water partition coefficient (Wildman–Crippen LogP) is 4.28. The summed E-state index contributed by atoms with van der Waals surface area (Å²) >= 11 is 6.32. The minimum atomic E-state index is -0.252. The fourth-order valence-corrected chi connectivity index (χ4v) is 2.72. The Hall–Kier alpha value is -2.73. The highest BCUT2D eigenvalue weighted by molar-refractivity contribution is 6.32. The van der Waals surface area contributed by atoms with Crippen molar-refractivity contribution in [1.29, 1.82) is 0 Å². The monoisotopic (exact) mass is 404 g/mol. The zero-order chi connectivity index (χ0) is 20.5. The van der Waals surface area contributed by atoms with Gasteiger partial charge in [0.2, 0.25) is 5.91 Å². The maximum Gasteiger partial charge on any atom is 0.236 e. The van der Waals surface area contributed by atoms with Gasteiger partial charge < -0.3 is 14.2 Å². The third-order valence-electron chi connectivity index (χ3n) is 4.03. The number of hydrogen-bond donors (Lipinski definition) is 1. The van der Waals surface area contributed by atoms with E-state index in [1.165, 1.54) is 25.8 Å². The first-order chi connectivity index (χ1) is 13.4. The normalized spacial score (nSPS) is 10.8. The number of amides is 1. The minimum absolute atomic E-state index is 0.252. The molecule has 2 aromatic rings. The van der Waals surface area contributed by atoms with Crippen molar-refractivity contribution in [2.75, 3.05) is 20.3 Å². The number of carbonyl (C=O) groups is 1. The van der Waals surface area contributed by atoms with Crippen LogP contribution in [0, 0.1) is 13.8 Å². The number of ether oxygens (including phenoxy) is 3.